The Hall–Kier alpha value is -3.52. The average molecular weight is 450 g/mol. The number of benzene rings is 2. The number of carbonyl (C=O) groups is 2. The highest BCUT2D eigenvalue weighted by molar-refractivity contribution is 5.93. The molecule has 8 heteroatoms. The van der Waals surface area contributed by atoms with E-state index in [1.54, 1.807) is 25.5 Å². The minimum atomic E-state index is -0.638. The van der Waals surface area contributed by atoms with Crippen molar-refractivity contribution >= 4 is 11.9 Å². The monoisotopic (exact) mass is 449 g/mol. The molecule has 0 saturated carbocycles. The summed E-state index contributed by atoms with van der Waals surface area (Å²) >= 11 is 0. The molecule has 1 heterocycles. The van der Waals surface area contributed by atoms with E-state index >= 15 is 0 Å². The zero-order valence-electron chi connectivity index (χ0n) is 19.9. The van der Waals surface area contributed by atoms with Crippen LogP contribution in [0.25, 0.3) is 17.1 Å². The van der Waals surface area contributed by atoms with E-state index in [1.807, 2.05) is 79.7 Å². The van der Waals surface area contributed by atoms with Gasteiger partial charge in [0.1, 0.15) is 12.1 Å². The largest absolute Gasteiger partial charge is 0.459 e. The molecule has 0 fully saturated rings. The Morgan fingerprint density at radius 3 is 2.12 bits per heavy atom. The highest BCUT2D eigenvalue weighted by Crippen LogP contribution is 2.21. The van der Waals surface area contributed by atoms with Crippen LogP contribution in [-0.4, -0.2) is 75.8 Å². The molecule has 0 aliphatic heterocycles. The van der Waals surface area contributed by atoms with Crippen molar-refractivity contribution in [2.45, 2.75) is 26.4 Å². The van der Waals surface area contributed by atoms with Gasteiger partial charge in [-0.15, -0.1) is 5.10 Å². The third kappa shape index (κ3) is 6.73. The third-order valence-electron chi connectivity index (χ3n) is 4.68. The van der Waals surface area contributed by atoms with Gasteiger partial charge in [-0.2, -0.15) is 0 Å². The van der Waals surface area contributed by atoms with E-state index < -0.39 is 17.5 Å². The fourth-order valence-electron chi connectivity index (χ4n) is 3.17. The van der Waals surface area contributed by atoms with Crippen molar-refractivity contribution < 1.29 is 14.3 Å². The van der Waals surface area contributed by atoms with Crippen LogP contribution < -0.4 is 0 Å². The second kappa shape index (κ2) is 10.4. The molecule has 2 aromatic carbocycles. The number of nitrogens with zero attached hydrogens (tertiary/aromatic N) is 5. The molecule has 1 amide bonds. The summed E-state index contributed by atoms with van der Waals surface area (Å²) in [6, 6.07) is 19.1. The standard InChI is InChI=1S/C25H31N5O3/c1-25(2,3)33-21(31)18-29(17-16-28(4)5)24(32)22-26-23(19-12-8-6-9-13-19)30(27-22)20-14-10-7-11-15-20/h6-15H,16-18H2,1-5H3. The van der Waals surface area contributed by atoms with Gasteiger partial charge >= 0.3 is 5.97 Å². The second-order valence-electron chi connectivity index (χ2n) is 8.99. The van der Waals surface area contributed by atoms with Gasteiger partial charge in [-0.05, 0) is 47.0 Å². The van der Waals surface area contributed by atoms with Gasteiger partial charge in [-0.25, -0.2) is 9.67 Å². The number of hydrogen-bond donors (Lipinski definition) is 0. The number of carbonyl (C=O) groups excluding carboxylic acids is 2. The molecule has 0 unspecified atom stereocenters. The predicted octanol–water partition coefficient (Wildman–Crippen LogP) is 3.28. The Labute approximate surface area is 194 Å². The lowest BCUT2D eigenvalue weighted by Crippen LogP contribution is -2.42. The van der Waals surface area contributed by atoms with Gasteiger partial charge in [0, 0.05) is 18.7 Å². The van der Waals surface area contributed by atoms with Crippen LogP contribution >= 0.6 is 0 Å². The van der Waals surface area contributed by atoms with Crippen LogP contribution in [0.1, 0.15) is 31.4 Å². The van der Waals surface area contributed by atoms with Gasteiger partial charge < -0.3 is 14.5 Å². The minimum absolute atomic E-state index is 0.0278. The first-order valence-electron chi connectivity index (χ1n) is 10.9. The molecule has 174 valence electrons. The van der Waals surface area contributed by atoms with Gasteiger partial charge in [0.15, 0.2) is 5.82 Å². The van der Waals surface area contributed by atoms with Gasteiger partial charge in [-0.3, -0.25) is 9.59 Å². The number of hydrogen-bond acceptors (Lipinski definition) is 6. The highest BCUT2D eigenvalue weighted by atomic mass is 16.6. The van der Waals surface area contributed by atoms with Gasteiger partial charge in [0.2, 0.25) is 5.82 Å². The van der Waals surface area contributed by atoms with E-state index in [0.717, 1.165) is 11.3 Å². The molecule has 0 N–H and O–H groups in total. The Morgan fingerprint density at radius 2 is 1.55 bits per heavy atom. The Balaban J connectivity index is 1.96. The molecule has 1 aromatic heterocycles. The molecule has 0 aliphatic carbocycles. The molecule has 0 aliphatic rings. The lowest BCUT2D eigenvalue weighted by molar-refractivity contribution is -0.155. The molecule has 0 saturated heterocycles. The normalized spacial score (nSPS) is 11.5. The van der Waals surface area contributed by atoms with Crippen LogP contribution in [0.2, 0.25) is 0 Å². The zero-order chi connectivity index (χ0) is 24.0. The average Bonchev–Trinajstić information content (AvgIpc) is 3.21. The molecular weight excluding hydrogens is 418 g/mol. The predicted molar refractivity (Wildman–Crippen MR) is 127 cm³/mol. The Kier molecular flexibility index (Phi) is 7.60. The summed E-state index contributed by atoms with van der Waals surface area (Å²) in [5, 5.41) is 4.54. The summed E-state index contributed by atoms with van der Waals surface area (Å²) in [6.45, 7) is 6.14. The fraction of sp³-hybridized carbons (Fsp3) is 0.360. The summed E-state index contributed by atoms with van der Waals surface area (Å²) in [6.07, 6.45) is 0. The maximum atomic E-state index is 13.4. The number of rotatable bonds is 8. The first kappa shape index (κ1) is 24.1. The summed E-state index contributed by atoms with van der Waals surface area (Å²) in [7, 11) is 3.82. The molecule has 0 bridgehead atoms. The molecular formula is C25H31N5O3. The van der Waals surface area contributed by atoms with Crippen molar-refractivity contribution in [2.75, 3.05) is 33.7 Å². The summed E-state index contributed by atoms with van der Waals surface area (Å²) in [5.74, 6) is -0.315. The topological polar surface area (TPSA) is 80.6 Å². The number of likely N-dealkylation sites (N-methyl/N-ethyl adjacent to an activating group) is 1. The van der Waals surface area contributed by atoms with E-state index in [0.29, 0.717) is 18.9 Å². The van der Waals surface area contributed by atoms with Crippen molar-refractivity contribution in [3.8, 4) is 17.1 Å². The molecule has 0 spiro atoms. The molecule has 0 radical (unpaired) electrons. The lowest BCUT2D eigenvalue weighted by atomic mass is 10.2. The SMILES string of the molecule is CN(C)CCN(CC(=O)OC(C)(C)C)C(=O)c1nc(-c2ccccc2)n(-c2ccccc2)n1. The lowest BCUT2D eigenvalue weighted by Gasteiger charge is -2.25. The van der Waals surface area contributed by atoms with E-state index in [4.69, 9.17) is 4.74 Å². The van der Waals surface area contributed by atoms with E-state index in [2.05, 4.69) is 10.1 Å². The smallest absolute Gasteiger partial charge is 0.326 e. The van der Waals surface area contributed by atoms with Crippen molar-refractivity contribution in [2.24, 2.45) is 0 Å². The fourth-order valence-corrected chi connectivity index (χ4v) is 3.17. The van der Waals surface area contributed by atoms with Crippen LogP contribution in [0.15, 0.2) is 60.7 Å². The highest BCUT2D eigenvalue weighted by Gasteiger charge is 2.27. The summed E-state index contributed by atoms with van der Waals surface area (Å²) < 4.78 is 7.09. The summed E-state index contributed by atoms with van der Waals surface area (Å²) in [4.78, 5) is 33.9. The van der Waals surface area contributed by atoms with Crippen LogP contribution in [0.5, 0.6) is 0 Å². The quantitative estimate of drug-likeness (QED) is 0.491. The maximum Gasteiger partial charge on any atom is 0.326 e. The first-order valence-corrected chi connectivity index (χ1v) is 10.9. The number of ether oxygens (including phenoxy) is 1. The first-order chi connectivity index (χ1) is 15.6. The number of esters is 1. The molecule has 33 heavy (non-hydrogen) atoms. The van der Waals surface area contributed by atoms with Crippen LogP contribution in [0.4, 0.5) is 0 Å². The van der Waals surface area contributed by atoms with Crippen molar-refractivity contribution in [1.82, 2.24) is 24.6 Å². The van der Waals surface area contributed by atoms with Crippen LogP contribution in [-0.2, 0) is 9.53 Å². The number of para-hydroxylation sites is 1. The van der Waals surface area contributed by atoms with Gasteiger partial charge in [0.05, 0.1) is 5.69 Å². The zero-order valence-corrected chi connectivity index (χ0v) is 19.9. The Bertz CT molecular complexity index is 1020. The molecule has 0 atom stereocenters. The second-order valence-corrected chi connectivity index (χ2v) is 8.99. The number of amides is 1. The third-order valence-corrected chi connectivity index (χ3v) is 4.68. The van der Waals surface area contributed by atoms with E-state index in [9.17, 15) is 9.59 Å². The van der Waals surface area contributed by atoms with Crippen molar-refractivity contribution in [3.05, 3.63) is 66.5 Å². The molecule has 3 rings (SSSR count). The minimum Gasteiger partial charge on any atom is -0.459 e. The van der Waals surface area contributed by atoms with E-state index in [-0.39, 0.29) is 12.4 Å². The Morgan fingerprint density at radius 1 is 0.939 bits per heavy atom. The number of aromatic nitrogens is 3. The van der Waals surface area contributed by atoms with Crippen molar-refractivity contribution in [3.63, 3.8) is 0 Å². The van der Waals surface area contributed by atoms with Crippen LogP contribution in [0, 0.1) is 0 Å². The van der Waals surface area contributed by atoms with E-state index in [1.165, 1.54) is 4.90 Å². The van der Waals surface area contributed by atoms with Gasteiger partial charge in [-0.1, -0.05) is 48.5 Å². The molecule has 3 aromatic rings. The maximum absolute atomic E-state index is 13.4. The van der Waals surface area contributed by atoms with Gasteiger partial charge in [0.25, 0.3) is 5.91 Å². The molecule has 8 nitrogen and oxygen atoms in total. The van der Waals surface area contributed by atoms with Crippen molar-refractivity contribution in [1.29, 1.82) is 0 Å². The summed E-state index contributed by atoms with van der Waals surface area (Å²) in [5.41, 5.74) is 0.982. The van der Waals surface area contributed by atoms with Crippen LogP contribution in [0.3, 0.4) is 0 Å².